The van der Waals surface area contributed by atoms with Gasteiger partial charge < -0.3 is 10.1 Å². The summed E-state index contributed by atoms with van der Waals surface area (Å²) in [5.41, 5.74) is 2.85. The first-order valence-corrected chi connectivity index (χ1v) is 8.22. The Labute approximate surface area is 110 Å². The van der Waals surface area contributed by atoms with Crippen LogP contribution >= 0.6 is 20.3 Å². The van der Waals surface area contributed by atoms with Crippen molar-refractivity contribution in [1.82, 2.24) is 4.81 Å². The van der Waals surface area contributed by atoms with Gasteiger partial charge in [0, 0.05) is 12.0 Å². The molecule has 5 heteroatoms. The van der Waals surface area contributed by atoms with E-state index < -0.39 is 0 Å². The first kappa shape index (κ1) is 11.9. The van der Waals surface area contributed by atoms with Gasteiger partial charge in [0.05, 0.1) is 15.9 Å². The number of para-hydroxylation sites is 1. The van der Waals surface area contributed by atoms with Gasteiger partial charge in [0.2, 0.25) is 0 Å². The molecule has 0 spiro atoms. The highest BCUT2D eigenvalue weighted by Gasteiger charge is 2.40. The van der Waals surface area contributed by atoms with Crippen LogP contribution in [0.5, 0.6) is 0 Å². The minimum Gasteiger partial charge on any atom is -0.377 e. The number of fused-ring (bicyclic) bond motifs is 3. The Morgan fingerprint density at radius 1 is 1.47 bits per heavy atom. The van der Waals surface area contributed by atoms with E-state index in [1.807, 2.05) is 0 Å². The third-order valence-electron chi connectivity index (χ3n) is 3.76. The van der Waals surface area contributed by atoms with E-state index in [0.717, 1.165) is 8.58 Å². The highest BCUT2D eigenvalue weighted by Crippen LogP contribution is 2.55. The minimum absolute atomic E-state index is 0.228. The maximum atomic E-state index is 3.70. The molecule has 1 aromatic carbocycles. The second-order valence-corrected chi connectivity index (χ2v) is 8.34. The van der Waals surface area contributed by atoms with Gasteiger partial charge in [0.1, 0.15) is 0 Å². The normalized spacial score (nSPS) is 32.6. The minimum atomic E-state index is 0.228. The molecular weight excluding hydrogens is 246 g/mol. The number of hydrogen-bond acceptors (Lipinski definition) is 3. The molecule has 0 bridgehead atoms. The molecular formula is C12H18BN2PS. The summed E-state index contributed by atoms with van der Waals surface area (Å²) in [6.45, 7) is 4.68. The van der Waals surface area contributed by atoms with Gasteiger partial charge in [-0.2, -0.15) is 0 Å². The first-order chi connectivity index (χ1) is 8.08. The summed E-state index contributed by atoms with van der Waals surface area (Å²) >= 11 is 2.10. The van der Waals surface area contributed by atoms with E-state index in [1.165, 1.54) is 17.5 Å². The van der Waals surface area contributed by atoms with Crippen molar-refractivity contribution in [2.75, 3.05) is 11.6 Å². The largest absolute Gasteiger partial charge is 0.377 e. The van der Waals surface area contributed by atoms with Gasteiger partial charge in [-0.3, -0.25) is 0 Å². The molecule has 3 atom stereocenters. The summed E-state index contributed by atoms with van der Waals surface area (Å²) in [6, 6.07) is 8.79. The monoisotopic (exact) mass is 264 g/mol. The molecule has 90 valence electrons. The summed E-state index contributed by atoms with van der Waals surface area (Å²) in [5, 5.41) is 4.31. The molecule has 1 fully saturated rings. The molecule has 1 saturated heterocycles. The molecule has 2 nitrogen and oxygen atoms in total. The Morgan fingerprint density at radius 3 is 3.06 bits per heavy atom. The lowest BCUT2D eigenvalue weighted by Gasteiger charge is -2.34. The summed E-state index contributed by atoms with van der Waals surface area (Å²) in [4.78, 5) is 2.71. The van der Waals surface area contributed by atoms with E-state index in [2.05, 4.69) is 68.0 Å². The van der Waals surface area contributed by atoms with E-state index >= 15 is 0 Å². The Balaban J connectivity index is 1.96. The zero-order valence-electron chi connectivity index (χ0n) is 10.5. The zero-order chi connectivity index (χ0) is 12.0. The lowest BCUT2D eigenvalue weighted by atomic mass is 10.2. The maximum Gasteiger partial charge on any atom is 0.187 e. The molecule has 17 heavy (non-hydrogen) atoms. The van der Waals surface area contributed by atoms with Crippen molar-refractivity contribution in [3.8, 4) is 0 Å². The van der Waals surface area contributed by atoms with Gasteiger partial charge >= 0.3 is 0 Å². The molecule has 0 amide bonds. The van der Waals surface area contributed by atoms with Gasteiger partial charge in [0.15, 0.2) is 7.98 Å². The molecule has 1 unspecified atom stereocenters. The first-order valence-electron chi connectivity index (χ1n) is 6.06. The summed E-state index contributed by atoms with van der Waals surface area (Å²) < 4.78 is 0. The van der Waals surface area contributed by atoms with Crippen molar-refractivity contribution < 1.29 is 0 Å². The van der Waals surface area contributed by atoms with Gasteiger partial charge in [-0.05, 0) is 25.5 Å². The van der Waals surface area contributed by atoms with Crippen LogP contribution in [0.2, 0.25) is 0 Å². The number of nitrogens with zero attached hydrogens (tertiary/aromatic N) is 1. The Kier molecular flexibility index (Phi) is 2.93. The molecule has 1 aromatic rings. The van der Waals surface area contributed by atoms with Crippen LogP contribution in [0.4, 0.5) is 5.69 Å². The quantitative estimate of drug-likeness (QED) is 0.572. The molecule has 0 saturated carbocycles. The average molecular weight is 264 g/mol. The van der Waals surface area contributed by atoms with Gasteiger partial charge in [-0.25, -0.2) is 0 Å². The third kappa shape index (κ3) is 2.01. The van der Waals surface area contributed by atoms with E-state index in [4.69, 9.17) is 0 Å². The van der Waals surface area contributed by atoms with Crippen LogP contribution in [-0.2, 0) is 0 Å². The topological polar surface area (TPSA) is 15.3 Å². The van der Waals surface area contributed by atoms with Crippen molar-refractivity contribution >= 4 is 34.0 Å². The van der Waals surface area contributed by atoms with Crippen molar-refractivity contribution in [3.05, 3.63) is 29.8 Å². The van der Waals surface area contributed by atoms with Crippen molar-refractivity contribution in [1.29, 1.82) is 0 Å². The number of benzene rings is 1. The summed E-state index contributed by atoms with van der Waals surface area (Å²) in [7, 11) is 3.21. The lowest BCUT2D eigenvalue weighted by molar-refractivity contribution is 0.394. The van der Waals surface area contributed by atoms with Crippen molar-refractivity contribution in [2.45, 2.75) is 29.8 Å². The van der Waals surface area contributed by atoms with Gasteiger partial charge in [-0.15, -0.1) is 11.8 Å². The predicted octanol–water partition coefficient (Wildman–Crippen LogP) is 2.45. The fraction of sp³-hybridized carbons (Fsp3) is 0.500. The molecule has 2 aliphatic rings. The molecule has 2 aliphatic heterocycles. The third-order valence-corrected chi connectivity index (χ3v) is 7.25. The average Bonchev–Trinajstić information content (AvgIpc) is 2.59. The Bertz CT molecular complexity index is 440. The highest BCUT2D eigenvalue weighted by molar-refractivity contribution is 8.01. The molecule has 2 heterocycles. The van der Waals surface area contributed by atoms with Crippen LogP contribution in [-0.4, -0.2) is 29.7 Å². The Hall–Kier alpha value is -0.175. The summed E-state index contributed by atoms with van der Waals surface area (Å²) in [5.74, 6) is 0.627. The van der Waals surface area contributed by atoms with E-state index in [9.17, 15) is 0 Å². The smallest absolute Gasteiger partial charge is 0.187 e. The van der Waals surface area contributed by atoms with Crippen molar-refractivity contribution in [3.63, 3.8) is 0 Å². The second kappa shape index (κ2) is 4.19. The fourth-order valence-electron chi connectivity index (χ4n) is 2.42. The van der Waals surface area contributed by atoms with E-state index in [-0.39, 0.29) is 4.87 Å². The van der Waals surface area contributed by atoms with Crippen LogP contribution in [0.1, 0.15) is 24.7 Å². The van der Waals surface area contributed by atoms with Crippen LogP contribution in [0, 0.1) is 0 Å². The van der Waals surface area contributed by atoms with Crippen LogP contribution in [0.15, 0.2) is 24.3 Å². The highest BCUT2D eigenvalue weighted by atomic mass is 32.2. The lowest BCUT2D eigenvalue weighted by Crippen LogP contribution is -2.38. The number of anilines is 1. The van der Waals surface area contributed by atoms with Crippen LogP contribution < -0.4 is 5.32 Å². The second-order valence-electron chi connectivity index (χ2n) is 5.25. The number of nitrogens with one attached hydrogen (secondary N) is 1. The summed E-state index contributed by atoms with van der Waals surface area (Å²) in [6.07, 6.45) is 1.20. The molecule has 1 N–H and O–H groups in total. The predicted molar refractivity (Wildman–Crippen MR) is 81.8 cm³/mol. The number of rotatable bonds is 0. The SMILES string of the molecule is BN1CP[C@@H]2Nc3ccccc3[C@@H]2SC1(C)C. The molecule has 3 rings (SSSR count). The van der Waals surface area contributed by atoms with Gasteiger partial charge in [-0.1, -0.05) is 26.8 Å². The zero-order valence-corrected chi connectivity index (χ0v) is 12.3. The maximum absolute atomic E-state index is 3.70. The molecule has 0 radical (unpaired) electrons. The fourth-order valence-corrected chi connectivity index (χ4v) is 5.94. The van der Waals surface area contributed by atoms with Crippen LogP contribution in [0.25, 0.3) is 0 Å². The Morgan fingerprint density at radius 2 is 2.24 bits per heavy atom. The van der Waals surface area contributed by atoms with Crippen molar-refractivity contribution in [2.24, 2.45) is 0 Å². The van der Waals surface area contributed by atoms with Gasteiger partial charge in [0.25, 0.3) is 0 Å². The standard InChI is InChI=1S/C12H18BN2PS/c1-12(2)15(13)7-16-11-10(17-12)8-5-3-4-6-9(8)14-11/h3-6,10-11,14,16H,7,13H2,1-2H3/t10-,11-/m0/s1. The molecule has 0 aliphatic carbocycles. The molecule has 0 aromatic heterocycles. The number of thioether (sulfide) groups is 1. The van der Waals surface area contributed by atoms with E-state index in [1.54, 1.807) is 0 Å². The van der Waals surface area contributed by atoms with Crippen LogP contribution in [0.3, 0.4) is 0 Å². The number of hydrogen-bond donors (Lipinski definition) is 1. The van der Waals surface area contributed by atoms with E-state index in [0.29, 0.717) is 11.0 Å².